The molecular weight excluding hydrogens is 1050 g/mol. The summed E-state index contributed by atoms with van der Waals surface area (Å²) >= 11 is 0. The number of phenols is 1. The number of phenolic OH excluding ortho intramolecular Hbond substituents is 1. The Kier molecular flexibility index (Phi) is 20.2. The van der Waals surface area contributed by atoms with E-state index in [4.69, 9.17) is 4.74 Å². The van der Waals surface area contributed by atoms with E-state index in [1.54, 1.807) is 12.1 Å². The molecule has 4 aromatic carbocycles. The van der Waals surface area contributed by atoms with Gasteiger partial charge in [-0.1, -0.05) is 80.9 Å². The Balaban J connectivity index is 1.19. The van der Waals surface area contributed by atoms with E-state index in [1.807, 2.05) is 48.5 Å². The predicted molar refractivity (Wildman–Crippen MR) is 289 cm³/mol. The normalized spacial score (nSPS) is 27.7. The summed E-state index contributed by atoms with van der Waals surface area (Å²) in [6.07, 6.45) is -14.8. The molecule has 3 saturated heterocycles. The van der Waals surface area contributed by atoms with Crippen molar-refractivity contribution >= 4 is 41.4 Å². The van der Waals surface area contributed by atoms with Crippen LogP contribution in [0.3, 0.4) is 0 Å². The molecule has 0 bridgehead atoms. The minimum Gasteiger partial charge on any atom is -0.508 e. The second-order valence-corrected chi connectivity index (χ2v) is 20.9. The van der Waals surface area contributed by atoms with Crippen molar-refractivity contribution in [1.82, 2.24) is 36.4 Å². The SMILES string of the molecule is CCCCOc1ccc(-c2ccc(-c3ccc(C(=O)N[C@H]4C[C@@H](O)[C@H](O)NC(=O)[C@@H]5[C@@H](O)[C@@H](C)CN5C(=O)[C@H]([C@@H](C)O)NC(=O)[C@H]([C@H](O)[C@@H](O)c5ccc(O)cc5)NC(=O)[C@@H]5C[C@@H](O)CN5C(=O)[C@H]([C@@H](C)O)NC4=O)cc3)cc2)cc1. The van der Waals surface area contributed by atoms with E-state index in [2.05, 4.69) is 33.5 Å². The molecule has 3 aliphatic rings. The van der Waals surface area contributed by atoms with Crippen molar-refractivity contribution < 1.29 is 84.3 Å². The van der Waals surface area contributed by atoms with Crippen molar-refractivity contribution in [2.45, 2.75) is 139 Å². The Labute approximate surface area is 466 Å². The van der Waals surface area contributed by atoms with Gasteiger partial charge in [-0.2, -0.15) is 0 Å². The third-order valence-electron chi connectivity index (χ3n) is 14.8. The van der Waals surface area contributed by atoms with Crippen molar-refractivity contribution in [1.29, 1.82) is 0 Å². The highest BCUT2D eigenvalue weighted by molar-refractivity contribution is 6.00. The summed E-state index contributed by atoms with van der Waals surface area (Å²) in [7, 11) is 0. The molecule has 3 heterocycles. The van der Waals surface area contributed by atoms with Gasteiger partial charge in [0.1, 0.15) is 66.1 Å². The number of fused-ring (bicyclic) bond motifs is 2. The van der Waals surface area contributed by atoms with Crippen molar-refractivity contribution in [3.63, 3.8) is 0 Å². The summed E-state index contributed by atoms with van der Waals surface area (Å²) in [5.74, 6) is -8.68. The van der Waals surface area contributed by atoms with Crippen LogP contribution in [0.25, 0.3) is 22.3 Å². The maximum absolute atomic E-state index is 14.5. The topological polar surface area (TPSA) is 377 Å². The van der Waals surface area contributed by atoms with Crippen LogP contribution in [0.15, 0.2) is 97.1 Å². The maximum atomic E-state index is 14.5. The number of hydrogen-bond donors (Lipinski definition) is 14. The molecule has 0 radical (unpaired) electrons. The minimum atomic E-state index is -2.29. The van der Waals surface area contributed by atoms with Gasteiger partial charge in [0.05, 0.1) is 31.0 Å². The van der Waals surface area contributed by atoms with Crippen LogP contribution in [0.1, 0.15) is 75.4 Å². The number of aromatic hydroxyl groups is 1. The molecule has 7 amide bonds. The number of unbranched alkanes of at least 4 members (excludes halogenated alkanes) is 1. The summed E-state index contributed by atoms with van der Waals surface area (Å²) in [5.41, 5.74) is 3.36. The van der Waals surface area contributed by atoms with Gasteiger partial charge in [-0.15, -0.1) is 0 Å². The fraction of sp³-hybridized carbons (Fsp3) is 0.456. The van der Waals surface area contributed by atoms with Gasteiger partial charge in [0.15, 0.2) is 6.23 Å². The molecule has 4 aromatic rings. The average molecular weight is 1130 g/mol. The van der Waals surface area contributed by atoms with Gasteiger partial charge in [0.2, 0.25) is 35.4 Å². The lowest BCUT2D eigenvalue weighted by molar-refractivity contribution is -0.148. The molecule has 436 valence electrons. The third-order valence-corrected chi connectivity index (χ3v) is 14.8. The third kappa shape index (κ3) is 14.5. The highest BCUT2D eigenvalue weighted by Crippen LogP contribution is 2.30. The van der Waals surface area contributed by atoms with Gasteiger partial charge in [-0.25, -0.2) is 0 Å². The van der Waals surface area contributed by atoms with Crippen molar-refractivity contribution in [2.24, 2.45) is 5.92 Å². The number of amides is 7. The molecule has 0 aromatic heterocycles. The van der Waals surface area contributed by atoms with Crippen molar-refractivity contribution in [2.75, 3.05) is 19.7 Å². The molecule has 0 unspecified atom stereocenters. The standard InChI is InChI=1S/C57H71N7O17/c1-5-6-23-81-39-21-17-34(18-22-39)32-9-7-31(8-10-32)33-11-13-36(14-12-33)50(73)58-40-25-42(69)53(76)62-55(78)46-47(70)28(2)26-64(46)57(80)44(30(4)66)60-54(77)45(49(72)48(71)35-15-19-37(67)20-16-35)61-52(75)41-24-38(68)27-63(41)56(79)43(29(3)65)59-51(40)74/h7-22,28-30,38,40-49,53,65-72,76H,5-6,23-27H2,1-4H3,(H,58,73)(H,59,74)(H,60,77)(H,61,75)(H,62,78)/t28-,29+,30+,38+,40-,41-,42+,43-,44-,45-,46-,47-,48-,49-,53-/m0/s1. The van der Waals surface area contributed by atoms with Crippen LogP contribution in [0.5, 0.6) is 11.5 Å². The Bertz CT molecular complexity index is 2860. The van der Waals surface area contributed by atoms with Gasteiger partial charge < -0.3 is 87.1 Å². The van der Waals surface area contributed by atoms with E-state index in [9.17, 15) is 79.5 Å². The number of carbonyl (C=O) groups is 7. The molecule has 7 rings (SSSR count). The summed E-state index contributed by atoms with van der Waals surface area (Å²) in [5, 5.41) is 111. The lowest BCUT2D eigenvalue weighted by Crippen LogP contribution is -2.64. The average Bonchev–Trinajstić information content (AvgIpc) is 4.05. The fourth-order valence-corrected chi connectivity index (χ4v) is 10.0. The highest BCUT2D eigenvalue weighted by atomic mass is 16.5. The van der Waals surface area contributed by atoms with E-state index in [1.165, 1.54) is 31.2 Å². The Morgan fingerprint density at radius 2 is 1.16 bits per heavy atom. The lowest BCUT2D eigenvalue weighted by atomic mass is 9.96. The van der Waals surface area contributed by atoms with E-state index in [0.717, 1.165) is 71.1 Å². The number of nitrogens with one attached hydrogen (secondary N) is 5. The molecule has 24 nitrogen and oxygen atoms in total. The quantitative estimate of drug-likeness (QED) is 0.0691. The molecule has 3 aliphatic heterocycles. The smallest absolute Gasteiger partial charge is 0.251 e. The van der Waals surface area contributed by atoms with Crippen LogP contribution in [0, 0.1) is 5.92 Å². The minimum absolute atomic E-state index is 0.00903. The zero-order chi connectivity index (χ0) is 59.0. The first-order valence-corrected chi connectivity index (χ1v) is 26.8. The molecule has 0 spiro atoms. The lowest BCUT2D eigenvalue weighted by Gasteiger charge is -2.34. The van der Waals surface area contributed by atoms with Crippen LogP contribution in [0.2, 0.25) is 0 Å². The number of hydrogen-bond acceptors (Lipinski definition) is 17. The van der Waals surface area contributed by atoms with E-state index >= 15 is 0 Å². The number of aliphatic hydroxyl groups is 8. The number of benzene rings is 4. The molecule has 24 heteroatoms. The van der Waals surface area contributed by atoms with E-state index in [0.29, 0.717) is 12.2 Å². The highest BCUT2D eigenvalue weighted by Gasteiger charge is 2.50. The van der Waals surface area contributed by atoms with Crippen molar-refractivity contribution in [3.8, 4) is 33.8 Å². The predicted octanol–water partition coefficient (Wildman–Crippen LogP) is -1.32. The first-order valence-electron chi connectivity index (χ1n) is 26.8. The molecule has 0 aliphatic carbocycles. The van der Waals surface area contributed by atoms with Gasteiger partial charge in [0, 0.05) is 37.4 Å². The Hall–Kier alpha value is -7.55. The van der Waals surface area contributed by atoms with Crippen LogP contribution in [0.4, 0.5) is 0 Å². The summed E-state index contributed by atoms with van der Waals surface area (Å²) < 4.78 is 5.78. The largest absolute Gasteiger partial charge is 0.508 e. The fourth-order valence-electron chi connectivity index (χ4n) is 10.0. The molecule has 14 N–H and O–H groups in total. The van der Waals surface area contributed by atoms with Gasteiger partial charge in [-0.3, -0.25) is 33.6 Å². The monoisotopic (exact) mass is 1130 g/mol. The zero-order valence-corrected chi connectivity index (χ0v) is 45.0. The van der Waals surface area contributed by atoms with Crippen LogP contribution in [-0.2, 0) is 28.8 Å². The first-order chi connectivity index (χ1) is 38.5. The van der Waals surface area contributed by atoms with Crippen LogP contribution in [-0.4, -0.2) is 196 Å². The Morgan fingerprint density at radius 3 is 1.72 bits per heavy atom. The maximum Gasteiger partial charge on any atom is 0.251 e. The number of aliphatic hydroxyl groups excluding tert-OH is 8. The zero-order valence-electron chi connectivity index (χ0n) is 45.0. The number of rotatable bonds is 13. The molecule has 15 atom stereocenters. The molecular formula is C57H71N7O17. The van der Waals surface area contributed by atoms with Gasteiger partial charge in [0.25, 0.3) is 5.91 Å². The summed E-state index contributed by atoms with van der Waals surface area (Å²) in [6.45, 7) is 5.41. The van der Waals surface area contributed by atoms with E-state index in [-0.39, 0.29) is 23.4 Å². The molecule has 81 heavy (non-hydrogen) atoms. The second-order valence-electron chi connectivity index (χ2n) is 20.9. The van der Waals surface area contributed by atoms with E-state index < -0.39 is 152 Å². The Morgan fingerprint density at radius 1 is 0.642 bits per heavy atom. The van der Waals surface area contributed by atoms with Crippen LogP contribution < -0.4 is 31.3 Å². The first kappa shape index (κ1) is 61.1. The number of nitrogens with zero attached hydrogens (tertiary/aromatic N) is 2. The van der Waals surface area contributed by atoms with Crippen molar-refractivity contribution in [3.05, 3.63) is 108 Å². The summed E-state index contributed by atoms with van der Waals surface area (Å²) in [4.78, 5) is 102. The van der Waals surface area contributed by atoms with Gasteiger partial charge in [-0.05, 0) is 84.5 Å². The molecule has 3 fully saturated rings. The number of ether oxygens (including phenoxy) is 1. The van der Waals surface area contributed by atoms with Crippen LogP contribution >= 0.6 is 0 Å². The number of carbonyl (C=O) groups excluding carboxylic acids is 7. The second kappa shape index (κ2) is 26.8. The van der Waals surface area contributed by atoms with Gasteiger partial charge >= 0.3 is 0 Å². The summed E-state index contributed by atoms with van der Waals surface area (Å²) in [6, 6.07) is 14.7. The molecule has 0 saturated carbocycles.